The van der Waals surface area contributed by atoms with Crippen molar-refractivity contribution in [3.8, 4) is 5.88 Å². The Balaban J connectivity index is 1.96. The van der Waals surface area contributed by atoms with Gasteiger partial charge in [0.25, 0.3) is 0 Å². The maximum atomic E-state index is 5.88. The van der Waals surface area contributed by atoms with Crippen LogP contribution in [0, 0.1) is 0 Å². The third-order valence-corrected chi connectivity index (χ3v) is 2.84. The van der Waals surface area contributed by atoms with Crippen LogP contribution in [0.1, 0.15) is 5.56 Å². The fourth-order valence-corrected chi connectivity index (χ4v) is 1.78. The van der Waals surface area contributed by atoms with E-state index < -0.39 is 0 Å². The van der Waals surface area contributed by atoms with Gasteiger partial charge in [-0.05, 0) is 18.2 Å². The first-order valence-electron chi connectivity index (χ1n) is 6.97. The molecule has 0 aliphatic carbocycles. The highest BCUT2D eigenvalue weighted by atomic mass is 16.5. The normalized spacial score (nSPS) is 11.2. The maximum absolute atomic E-state index is 5.88. The minimum Gasteiger partial charge on any atom is -0.475 e. The Morgan fingerprint density at radius 3 is 2.77 bits per heavy atom. The summed E-state index contributed by atoms with van der Waals surface area (Å²) in [6.45, 7) is 1.35. The van der Waals surface area contributed by atoms with Crippen molar-refractivity contribution in [1.29, 1.82) is 0 Å². The zero-order valence-electron chi connectivity index (χ0n) is 12.5. The van der Waals surface area contributed by atoms with Crippen LogP contribution in [-0.2, 0) is 11.3 Å². The first kappa shape index (κ1) is 15.8. The second kappa shape index (κ2) is 8.63. The number of rotatable bonds is 7. The van der Waals surface area contributed by atoms with Crippen LogP contribution in [0.2, 0.25) is 0 Å². The lowest BCUT2D eigenvalue weighted by Gasteiger charge is -2.09. The molecule has 0 atom stereocenters. The van der Waals surface area contributed by atoms with Crippen LogP contribution in [0.25, 0.3) is 0 Å². The number of para-hydroxylation sites is 1. The van der Waals surface area contributed by atoms with Crippen LogP contribution >= 0.6 is 0 Å². The fourth-order valence-electron chi connectivity index (χ4n) is 1.78. The molecule has 0 spiro atoms. The number of hydrogen-bond acceptors (Lipinski definition) is 4. The van der Waals surface area contributed by atoms with Gasteiger partial charge in [-0.1, -0.05) is 24.3 Å². The number of ether oxygens (including phenoxy) is 2. The summed E-state index contributed by atoms with van der Waals surface area (Å²) in [4.78, 5) is 8.51. The van der Waals surface area contributed by atoms with E-state index in [9.17, 15) is 0 Å². The van der Waals surface area contributed by atoms with Crippen LogP contribution < -0.4 is 15.8 Å². The molecule has 1 heterocycles. The van der Waals surface area contributed by atoms with E-state index in [4.69, 9.17) is 15.2 Å². The average molecular weight is 300 g/mol. The van der Waals surface area contributed by atoms with E-state index in [1.54, 1.807) is 13.3 Å². The van der Waals surface area contributed by atoms with Gasteiger partial charge in [-0.2, -0.15) is 0 Å². The number of methoxy groups -OCH3 is 1. The van der Waals surface area contributed by atoms with Crippen molar-refractivity contribution in [3.63, 3.8) is 0 Å². The Morgan fingerprint density at radius 1 is 1.18 bits per heavy atom. The first-order chi connectivity index (χ1) is 10.8. The van der Waals surface area contributed by atoms with Gasteiger partial charge in [0.2, 0.25) is 5.88 Å². The van der Waals surface area contributed by atoms with Crippen molar-refractivity contribution >= 4 is 11.6 Å². The van der Waals surface area contributed by atoms with Crippen molar-refractivity contribution in [2.45, 2.75) is 6.54 Å². The summed E-state index contributed by atoms with van der Waals surface area (Å²) in [5.74, 6) is 0.897. The predicted molar refractivity (Wildman–Crippen MR) is 87.0 cm³/mol. The predicted octanol–water partition coefficient (Wildman–Crippen LogP) is 2.03. The fraction of sp³-hybridized carbons (Fsp3) is 0.250. The highest BCUT2D eigenvalue weighted by Crippen LogP contribution is 2.15. The largest absolute Gasteiger partial charge is 0.475 e. The third-order valence-electron chi connectivity index (χ3n) is 2.84. The number of guanidine groups is 1. The molecule has 3 N–H and O–H groups in total. The van der Waals surface area contributed by atoms with Gasteiger partial charge in [-0.15, -0.1) is 0 Å². The molecule has 0 aliphatic rings. The van der Waals surface area contributed by atoms with Crippen molar-refractivity contribution in [3.05, 3.63) is 54.2 Å². The van der Waals surface area contributed by atoms with Crippen molar-refractivity contribution in [2.75, 3.05) is 25.6 Å². The second-order valence-electron chi connectivity index (χ2n) is 4.50. The van der Waals surface area contributed by atoms with Gasteiger partial charge in [0.05, 0.1) is 13.2 Å². The average Bonchev–Trinajstić information content (AvgIpc) is 2.55. The zero-order valence-corrected chi connectivity index (χ0v) is 12.5. The summed E-state index contributed by atoms with van der Waals surface area (Å²) in [7, 11) is 1.63. The Kier molecular flexibility index (Phi) is 6.19. The minimum atomic E-state index is 0.345. The van der Waals surface area contributed by atoms with E-state index in [-0.39, 0.29) is 0 Å². The lowest BCUT2D eigenvalue weighted by atomic mass is 10.3. The van der Waals surface area contributed by atoms with Crippen molar-refractivity contribution in [1.82, 2.24) is 4.98 Å². The highest BCUT2D eigenvalue weighted by Gasteiger charge is 2.04. The standard InChI is InChI=1S/C16H20N4O2/c1-21-10-11-22-15-13(6-5-9-18-15)12-19-16(17)20-14-7-3-2-4-8-14/h2-9H,10-12H2,1H3,(H3,17,19,20). The number of aliphatic imine (C=N–C) groups is 1. The van der Waals surface area contributed by atoms with Crippen molar-refractivity contribution in [2.24, 2.45) is 10.7 Å². The molecule has 116 valence electrons. The lowest BCUT2D eigenvalue weighted by Crippen LogP contribution is -2.22. The number of pyridine rings is 1. The number of hydrogen-bond donors (Lipinski definition) is 2. The van der Waals surface area contributed by atoms with E-state index in [1.165, 1.54) is 0 Å². The Hall–Kier alpha value is -2.60. The second-order valence-corrected chi connectivity index (χ2v) is 4.50. The van der Waals surface area contributed by atoms with Crippen LogP contribution in [-0.4, -0.2) is 31.3 Å². The Morgan fingerprint density at radius 2 is 2.00 bits per heavy atom. The zero-order chi connectivity index (χ0) is 15.6. The molecule has 2 aromatic rings. The number of nitrogens with one attached hydrogen (secondary N) is 1. The quantitative estimate of drug-likeness (QED) is 0.464. The van der Waals surface area contributed by atoms with Gasteiger partial charge < -0.3 is 20.5 Å². The third kappa shape index (κ3) is 5.06. The molecule has 1 aromatic carbocycles. The molecule has 0 unspecified atom stereocenters. The molecule has 1 aromatic heterocycles. The number of aromatic nitrogens is 1. The monoisotopic (exact) mass is 300 g/mol. The van der Waals surface area contributed by atoms with Gasteiger partial charge in [-0.25, -0.2) is 9.98 Å². The molecular formula is C16H20N4O2. The molecule has 0 aliphatic heterocycles. The minimum absolute atomic E-state index is 0.345. The van der Waals surface area contributed by atoms with Crippen LogP contribution in [0.15, 0.2) is 53.7 Å². The molecule has 0 amide bonds. The number of nitrogens with zero attached hydrogens (tertiary/aromatic N) is 2. The molecule has 0 fully saturated rings. The smallest absolute Gasteiger partial charge is 0.218 e. The molecule has 0 saturated heterocycles. The number of nitrogens with two attached hydrogens (primary N) is 1. The number of anilines is 1. The summed E-state index contributed by atoms with van der Waals surface area (Å²) >= 11 is 0. The molecule has 0 bridgehead atoms. The topological polar surface area (TPSA) is 81.8 Å². The molecule has 2 rings (SSSR count). The molecular weight excluding hydrogens is 280 g/mol. The van der Waals surface area contributed by atoms with Gasteiger partial charge in [0.15, 0.2) is 5.96 Å². The van der Waals surface area contributed by atoms with E-state index in [0.717, 1.165) is 11.3 Å². The molecule has 22 heavy (non-hydrogen) atoms. The first-order valence-corrected chi connectivity index (χ1v) is 6.97. The Labute approximate surface area is 130 Å². The molecule has 6 heteroatoms. The van der Waals surface area contributed by atoms with Crippen LogP contribution in [0.4, 0.5) is 5.69 Å². The van der Waals surface area contributed by atoms with Gasteiger partial charge in [-0.3, -0.25) is 0 Å². The highest BCUT2D eigenvalue weighted by molar-refractivity contribution is 5.92. The SMILES string of the molecule is COCCOc1ncccc1CN=C(N)Nc1ccccc1. The summed E-state index contributed by atoms with van der Waals surface area (Å²) in [6.07, 6.45) is 1.68. The summed E-state index contributed by atoms with van der Waals surface area (Å²) < 4.78 is 10.5. The van der Waals surface area contributed by atoms with E-state index in [1.807, 2.05) is 42.5 Å². The van der Waals surface area contributed by atoms with Crippen molar-refractivity contribution < 1.29 is 9.47 Å². The van der Waals surface area contributed by atoms with Gasteiger partial charge in [0.1, 0.15) is 6.61 Å². The molecule has 0 radical (unpaired) electrons. The molecule has 6 nitrogen and oxygen atoms in total. The van der Waals surface area contributed by atoms with Crippen LogP contribution in [0.3, 0.4) is 0 Å². The summed E-state index contributed by atoms with van der Waals surface area (Å²) in [6, 6.07) is 13.4. The lowest BCUT2D eigenvalue weighted by molar-refractivity contribution is 0.143. The van der Waals surface area contributed by atoms with E-state index >= 15 is 0 Å². The number of benzene rings is 1. The summed E-state index contributed by atoms with van der Waals surface area (Å²) in [5.41, 5.74) is 7.65. The molecule has 0 saturated carbocycles. The maximum Gasteiger partial charge on any atom is 0.218 e. The van der Waals surface area contributed by atoms with Gasteiger partial charge in [0, 0.05) is 24.6 Å². The van der Waals surface area contributed by atoms with Gasteiger partial charge >= 0.3 is 0 Å². The summed E-state index contributed by atoms with van der Waals surface area (Å²) in [5, 5.41) is 3.03. The van der Waals surface area contributed by atoms with E-state index in [0.29, 0.717) is 31.6 Å². The van der Waals surface area contributed by atoms with E-state index in [2.05, 4.69) is 15.3 Å². The Bertz CT molecular complexity index is 602. The van der Waals surface area contributed by atoms with Crippen LogP contribution in [0.5, 0.6) is 5.88 Å².